The maximum atomic E-state index is 12.6. The lowest BCUT2D eigenvalue weighted by Crippen LogP contribution is -2.09. The number of nitrogens with two attached hydrogens (primary N) is 1. The van der Waals surface area contributed by atoms with Gasteiger partial charge >= 0.3 is 5.97 Å². The molecule has 8 heteroatoms. The third kappa shape index (κ3) is 3.48. The minimum absolute atomic E-state index is 0.0680. The van der Waals surface area contributed by atoms with Crippen LogP contribution >= 0.6 is 0 Å². The zero-order chi connectivity index (χ0) is 20.4. The minimum Gasteiger partial charge on any atom is -0.508 e. The maximum Gasteiger partial charge on any atom is 0.340 e. The van der Waals surface area contributed by atoms with E-state index in [1.54, 1.807) is 28.8 Å². The number of nitrogens with zero attached hydrogens (tertiary/aromatic N) is 2. The fourth-order valence-corrected chi connectivity index (χ4v) is 3.12. The summed E-state index contributed by atoms with van der Waals surface area (Å²) >= 11 is 0. The number of aromatic carboxylic acids is 1. The first kappa shape index (κ1) is 19.2. The summed E-state index contributed by atoms with van der Waals surface area (Å²) in [6.45, 7) is 4.13. The third-order valence-electron chi connectivity index (χ3n) is 4.72. The zero-order valence-electron chi connectivity index (χ0n) is 15.6. The first-order chi connectivity index (χ1) is 13.3. The van der Waals surface area contributed by atoms with Crippen molar-refractivity contribution in [1.29, 1.82) is 0 Å². The fourth-order valence-electron chi connectivity index (χ4n) is 3.12. The molecule has 3 aromatic rings. The number of aromatic nitrogens is 2. The Morgan fingerprint density at radius 2 is 1.93 bits per heavy atom. The maximum absolute atomic E-state index is 12.6. The Bertz CT molecular complexity index is 1030. The monoisotopic (exact) mass is 383 g/mol. The van der Waals surface area contributed by atoms with Gasteiger partial charge in [0, 0.05) is 36.7 Å². The van der Waals surface area contributed by atoms with E-state index in [2.05, 4.69) is 5.16 Å². The SMILES string of the molecule is CCn1cc(C(=O)CCc2onc(-c3ccc(O)cc3)c2C)c(C(=O)O)c1N. The molecule has 0 amide bonds. The van der Waals surface area contributed by atoms with Gasteiger partial charge in [0.05, 0.1) is 5.56 Å². The molecule has 4 N–H and O–H groups in total. The van der Waals surface area contributed by atoms with Crippen molar-refractivity contribution in [2.75, 3.05) is 5.73 Å². The molecule has 0 aliphatic rings. The number of phenolic OH excluding ortho intramolecular Hbond substituents is 1. The Hall–Kier alpha value is -3.55. The summed E-state index contributed by atoms with van der Waals surface area (Å²) in [5.41, 5.74) is 8.00. The van der Waals surface area contributed by atoms with Crippen LogP contribution in [0.5, 0.6) is 5.75 Å². The second-order valence-corrected chi connectivity index (χ2v) is 6.44. The zero-order valence-corrected chi connectivity index (χ0v) is 15.6. The van der Waals surface area contributed by atoms with Crippen molar-refractivity contribution in [3.8, 4) is 17.0 Å². The fraction of sp³-hybridized carbons (Fsp3) is 0.250. The molecule has 2 aromatic heterocycles. The van der Waals surface area contributed by atoms with E-state index in [0.29, 0.717) is 18.0 Å². The van der Waals surface area contributed by atoms with E-state index in [0.717, 1.165) is 11.1 Å². The van der Waals surface area contributed by atoms with Crippen LogP contribution < -0.4 is 5.73 Å². The van der Waals surface area contributed by atoms with Gasteiger partial charge in [0.1, 0.15) is 28.6 Å². The predicted molar refractivity (Wildman–Crippen MR) is 102 cm³/mol. The highest BCUT2D eigenvalue weighted by Gasteiger charge is 2.24. The van der Waals surface area contributed by atoms with Gasteiger partial charge in [0.25, 0.3) is 0 Å². The molecule has 0 bridgehead atoms. The van der Waals surface area contributed by atoms with Gasteiger partial charge in [-0.15, -0.1) is 0 Å². The van der Waals surface area contributed by atoms with Crippen LogP contribution in [0.4, 0.5) is 5.82 Å². The van der Waals surface area contributed by atoms with Crippen LogP contribution in [-0.2, 0) is 13.0 Å². The quantitative estimate of drug-likeness (QED) is 0.533. The number of hydrogen-bond donors (Lipinski definition) is 3. The summed E-state index contributed by atoms with van der Waals surface area (Å²) in [6, 6.07) is 6.57. The number of ketones is 1. The first-order valence-electron chi connectivity index (χ1n) is 8.83. The number of phenols is 1. The second kappa shape index (κ2) is 7.59. The van der Waals surface area contributed by atoms with Gasteiger partial charge in [0.15, 0.2) is 5.78 Å². The molecule has 0 spiro atoms. The molecular weight excluding hydrogens is 362 g/mol. The van der Waals surface area contributed by atoms with Crippen LogP contribution in [0.1, 0.15) is 45.4 Å². The van der Waals surface area contributed by atoms with E-state index in [-0.39, 0.29) is 41.3 Å². The summed E-state index contributed by atoms with van der Waals surface area (Å²) in [4.78, 5) is 24.1. The Balaban J connectivity index is 1.79. The number of anilines is 1. The Morgan fingerprint density at radius 1 is 1.25 bits per heavy atom. The van der Waals surface area contributed by atoms with Crippen molar-refractivity contribution in [2.24, 2.45) is 0 Å². The molecule has 0 atom stereocenters. The number of carboxylic acids is 1. The van der Waals surface area contributed by atoms with E-state index < -0.39 is 5.97 Å². The van der Waals surface area contributed by atoms with Gasteiger partial charge in [0.2, 0.25) is 0 Å². The van der Waals surface area contributed by atoms with Crippen LogP contribution in [0.3, 0.4) is 0 Å². The largest absolute Gasteiger partial charge is 0.508 e. The topological polar surface area (TPSA) is 132 Å². The van der Waals surface area contributed by atoms with E-state index in [1.165, 1.54) is 6.20 Å². The van der Waals surface area contributed by atoms with E-state index in [1.807, 2.05) is 13.8 Å². The van der Waals surface area contributed by atoms with Crippen molar-refractivity contribution in [3.05, 3.63) is 52.9 Å². The van der Waals surface area contributed by atoms with E-state index in [9.17, 15) is 19.8 Å². The lowest BCUT2D eigenvalue weighted by molar-refractivity contribution is 0.0693. The summed E-state index contributed by atoms with van der Waals surface area (Å²) in [5.74, 6) is -0.764. The standard InChI is InChI=1S/C20H21N3O5/c1-3-23-10-14(17(19(23)21)20(26)27)15(25)8-9-16-11(2)18(22-28-16)12-4-6-13(24)7-5-12/h4-7,10,24H,3,8-9,21H2,1-2H3,(H,26,27). The van der Waals surface area contributed by atoms with Crippen molar-refractivity contribution < 1.29 is 24.3 Å². The van der Waals surface area contributed by atoms with Gasteiger partial charge in [-0.05, 0) is 38.1 Å². The molecule has 0 radical (unpaired) electrons. The number of carboxylic acid groups (broad SMARTS) is 1. The average Bonchev–Trinajstić information content (AvgIpc) is 3.20. The predicted octanol–water partition coefficient (Wildman–Crippen LogP) is 3.27. The normalized spacial score (nSPS) is 10.9. The van der Waals surface area contributed by atoms with Gasteiger partial charge in [-0.1, -0.05) is 5.16 Å². The molecule has 2 heterocycles. The third-order valence-corrected chi connectivity index (χ3v) is 4.72. The molecule has 0 saturated heterocycles. The number of rotatable bonds is 7. The first-order valence-corrected chi connectivity index (χ1v) is 8.83. The lowest BCUT2D eigenvalue weighted by atomic mass is 10.0. The van der Waals surface area contributed by atoms with Crippen molar-refractivity contribution in [2.45, 2.75) is 33.2 Å². The number of aryl methyl sites for hydroxylation is 2. The summed E-state index contributed by atoms with van der Waals surface area (Å²) < 4.78 is 6.92. The molecule has 0 aliphatic carbocycles. The van der Waals surface area contributed by atoms with Gasteiger partial charge in [-0.3, -0.25) is 4.79 Å². The van der Waals surface area contributed by atoms with Gasteiger partial charge in [-0.2, -0.15) is 0 Å². The van der Waals surface area contributed by atoms with Gasteiger partial charge in [-0.25, -0.2) is 4.79 Å². The highest BCUT2D eigenvalue weighted by molar-refractivity contribution is 6.08. The number of carbonyl (C=O) groups excluding carboxylic acids is 1. The molecule has 146 valence electrons. The summed E-state index contributed by atoms with van der Waals surface area (Å²) in [7, 11) is 0. The highest BCUT2D eigenvalue weighted by atomic mass is 16.5. The van der Waals surface area contributed by atoms with Gasteiger partial charge < -0.3 is 25.0 Å². The van der Waals surface area contributed by atoms with Crippen molar-refractivity contribution in [3.63, 3.8) is 0 Å². The number of aromatic hydroxyl groups is 1. The Labute approximate surface area is 161 Å². The van der Waals surface area contributed by atoms with Crippen LogP contribution in [0, 0.1) is 6.92 Å². The molecule has 1 aromatic carbocycles. The van der Waals surface area contributed by atoms with E-state index in [4.69, 9.17) is 10.3 Å². The smallest absolute Gasteiger partial charge is 0.340 e. The van der Waals surface area contributed by atoms with Crippen molar-refractivity contribution in [1.82, 2.24) is 9.72 Å². The molecule has 28 heavy (non-hydrogen) atoms. The number of carbonyl (C=O) groups is 2. The molecule has 0 fully saturated rings. The Kier molecular flexibility index (Phi) is 5.21. The molecule has 3 rings (SSSR count). The molecular formula is C20H21N3O5. The minimum atomic E-state index is -1.22. The van der Waals surface area contributed by atoms with E-state index >= 15 is 0 Å². The van der Waals surface area contributed by atoms with Crippen LogP contribution in [0.25, 0.3) is 11.3 Å². The summed E-state index contributed by atoms with van der Waals surface area (Å²) in [6.07, 6.45) is 1.83. The Morgan fingerprint density at radius 3 is 2.54 bits per heavy atom. The molecule has 0 unspecified atom stereocenters. The summed E-state index contributed by atoms with van der Waals surface area (Å²) in [5, 5.41) is 22.8. The number of nitrogen functional groups attached to an aromatic ring is 1. The molecule has 0 aliphatic heterocycles. The lowest BCUT2D eigenvalue weighted by Gasteiger charge is -2.01. The van der Waals surface area contributed by atoms with Crippen LogP contribution in [0.15, 0.2) is 35.0 Å². The van der Waals surface area contributed by atoms with Crippen LogP contribution in [-0.4, -0.2) is 31.7 Å². The van der Waals surface area contributed by atoms with Crippen LogP contribution in [0.2, 0.25) is 0 Å². The number of Topliss-reactive ketones (excluding diaryl/α,β-unsaturated/α-hetero) is 1. The van der Waals surface area contributed by atoms with Crippen molar-refractivity contribution >= 4 is 17.6 Å². The number of benzene rings is 1. The second-order valence-electron chi connectivity index (χ2n) is 6.44. The average molecular weight is 383 g/mol. The molecule has 8 nitrogen and oxygen atoms in total. The molecule has 0 saturated carbocycles. The number of hydrogen-bond acceptors (Lipinski definition) is 6. The highest BCUT2D eigenvalue weighted by Crippen LogP contribution is 2.28.